The third-order valence-corrected chi connectivity index (χ3v) is 2.57. The molecule has 0 aromatic heterocycles. The van der Waals surface area contributed by atoms with Gasteiger partial charge in [-0.05, 0) is 39.8 Å². The Balaban J connectivity index is 2.51. The second-order valence-electron chi connectivity index (χ2n) is 3.71. The molecule has 1 saturated carbocycles. The van der Waals surface area contributed by atoms with Crippen LogP contribution in [0.4, 0.5) is 0 Å². The van der Waals surface area contributed by atoms with E-state index in [1.165, 1.54) is 19.3 Å². The van der Waals surface area contributed by atoms with Gasteiger partial charge in [-0.25, -0.2) is 0 Å². The van der Waals surface area contributed by atoms with E-state index < -0.39 is 0 Å². The van der Waals surface area contributed by atoms with E-state index in [0.29, 0.717) is 11.7 Å². The fourth-order valence-corrected chi connectivity index (χ4v) is 1.87. The van der Waals surface area contributed by atoms with Crippen molar-refractivity contribution in [1.82, 2.24) is 4.90 Å². The van der Waals surface area contributed by atoms with Crippen LogP contribution in [-0.2, 0) is 4.79 Å². The van der Waals surface area contributed by atoms with Crippen molar-refractivity contribution < 1.29 is 4.79 Å². The summed E-state index contributed by atoms with van der Waals surface area (Å²) in [6, 6.07) is 0.184. The van der Waals surface area contributed by atoms with Gasteiger partial charge in [0.05, 0.1) is 6.04 Å². The molecule has 1 aliphatic carbocycles. The minimum atomic E-state index is 0.184. The van der Waals surface area contributed by atoms with E-state index in [1.807, 2.05) is 19.0 Å². The van der Waals surface area contributed by atoms with Crippen molar-refractivity contribution in [2.45, 2.75) is 32.2 Å². The minimum Gasteiger partial charge on any atom is -0.300 e. The Morgan fingerprint density at radius 2 is 2.00 bits per heavy atom. The lowest BCUT2D eigenvalue weighted by Gasteiger charge is -2.36. The molecule has 2 nitrogen and oxygen atoms in total. The third kappa shape index (κ3) is 1.80. The average molecular weight is 155 g/mol. The number of carbonyl (C=O) groups excluding carboxylic acids is 1. The van der Waals surface area contributed by atoms with Crippen LogP contribution < -0.4 is 0 Å². The fourth-order valence-electron chi connectivity index (χ4n) is 1.87. The highest BCUT2D eigenvalue weighted by molar-refractivity contribution is 5.81. The summed E-state index contributed by atoms with van der Waals surface area (Å²) in [5.74, 6) is 0.960. The highest BCUT2D eigenvalue weighted by Crippen LogP contribution is 2.31. The summed E-state index contributed by atoms with van der Waals surface area (Å²) in [5.41, 5.74) is 0. The van der Waals surface area contributed by atoms with Crippen LogP contribution in [0.3, 0.4) is 0 Å². The Morgan fingerprint density at radius 1 is 1.45 bits per heavy atom. The smallest absolute Gasteiger partial charge is 0.147 e. The lowest BCUT2D eigenvalue weighted by Crippen LogP contribution is -2.43. The van der Waals surface area contributed by atoms with Crippen LogP contribution in [-0.4, -0.2) is 30.8 Å². The van der Waals surface area contributed by atoms with Gasteiger partial charge in [-0.15, -0.1) is 0 Å². The second-order valence-corrected chi connectivity index (χ2v) is 3.71. The molecular weight excluding hydrogens is 138 g/mol. The van der Waals surface area contributed by atoms with Gasteiger partial charge in [0.15, 0.2) is 0 Å². The Kier molecular flexibility index (Phi) is 2.66. The lowest BCUT2D eigenvalue weighted by atomic mass is 9.78. The number of ketones is 1. The second kappa shape index (κ2) is 3.35. The molecular formula is C9H17NO. The number of Topliss-reactive ketones (excluding diaryl/α,β-unsaturated/α-hetero) is 1. The third-order valence-electron chi connectivity index (χ3n) is 2.57. The fraction of sp³-hybridized carbons (Fsp3) is 0.889. The van der Waals surface area contributed by atoms with Crippen LogP contribution in [0.1, 0.15) is 26.2 Å². The molecule has 0 amide bonds. The van der Waals surface area contributed by atoms with Gasteiger partial charge in [-0.1, -0.05) is 6.42 Å². The summed E-state index contributed by atoms with van der Waals surface area (Å²) in [5, 5.41) is 0. The normalized spacial score (nSPS) is 21.5. The number of carbonyl (C=O) groups is 1. The Morgan fingerprint density at radius 3 is 2.09 bits per heavy atom. The molecule has 0 heterocycles. The van der Waals surface area contributed by atoms with Crippen LogP contribution in [0, 0.1) is 5.92 Å². The maximum absolute atomic E-state index is 11.2. The first-order chi connectivity index (χ1) is 5.13. The summed E-state index contributed by atoms with van der Waals surface area (Å²) in [7, 11) is 3.98. The molecule has 0 saturated heterocycles. The SMILES string of the molecule is CC(=O)C(C1CCC1)N(C)C. The van der Waals surface area contributed by atoms with Crippen LogP contribution in [0.2, 0.25) is 0 Å². The van der Waals surface area contributed by atoms with Gasteiger partial charge in [-0.2, -0.15) is 0 Å². The van der Waals surface area contributed by atoms with Crippen molar-refractivity contribution in [2.75, 3.05) is 14.1 Å². The van der Waals surface area contributed by atoms with Gasteiger partial charge in [0.1, 0.15) is 5.78 Å². The maximum Gasteiger partial charge on any atom is 0.147 e. The zero-order valence-electron chi connectivity index (χ0n) is 7.63. The number of hydrogen-bond donors (Lipinski definition) is 0. The van der Waals surface area contributed by atoms with E-state index in [-0.39, 0.29) is 6.04 Å². The van der Waals surface area contributed by atoms with Crippen molar-refractivity contribution in [1.29, 1.82) is 0 Å². The average Bonchev–Trinajstić information content (AvgIpc) is 1.75. The molecule has 1 rings (SSSR count). The molecule has 11 heavy (non-hydrogen) atoms. The topological polar surface area (TPSA) is 20.3 Å². The van der Waals surface area contributed by atoms with Crippen LogP contribution in [0.15, 0.2) is 0 Å². The monoisotopic (exact) mass is 155 g/mol. The molecule has 1 aliphatic rings. The summed E-state index contributed by atoms with van der Waals surface area (Å²) >= 11 is 0. The molecule has 0 spiro atoms. The van der Waals surface area contributed by atoms with Gasteiger partial charge in [0.2, 0.25) is 0 Å². The quantitative estimate of drug-likeness (QED) is 0.612. The van der Waals surface area contributed by atoms with E-state index in [0.717, 1.165) is 0 Å². The molecule has 0 aliphatic heterocycles. The highest BCUT2D eigenvalue weighted by atomic mass is 16.1. The molecule has 1 fully saturated rings. The number of rotatable bonds is 3. The van der Waals surface area contributed by atoms with Gasteiger partial charge >= 0.3 is 0 Å². The summed E-state index contributed by atoms with van der Waals surface area (Å²) in [6.45, 7) is 1.70. The predicted octanol–water partition coefficient (Wildman–Crippen LogP) is 1.31. The first-order valence-corrected chi connectivity index (χ1v) is 4.30. The van der Waals surface area contributed by atoms with Crippen molar-refractivity contribution in [2.24, 2.45) is 5.92 Å². The Hall–Kier alpha value is -0.370. The van der Waals surface area contributed by atoms with Crippen LogP contribution in [0.25, 0.3) is 0 Å². The van der Waals surface area contributed by atoms with Gasteiger partial charge in [0.25, 0.3) is 0 Å². The first-order valence-electron chi connectivity index (χ1n) is 4.30. The van der Waals surface area contributed by atoms with Gasteiger partial charge in [0, 0.05) is 0 Å². The van der Waals surface area contributed by atoms with Gasteiger partial charge < -0.3 is 0 Å². The minimum absolute atomic E-state index is 0.184. The molecule has 0 aromatic rings. The van der Waals surface area contributed by atoms with Crippen molar-refractivity contribution in [3.05, 3.63) is 0 Å². The number of nitrogens with zero attached hydrogens (tertiary/aromatic N) is 1. The zero-order chi connectivity index (χ0) is 8.43. The Labute approximate surface area is 68.6 Å². The molecule has 1 unspecified atom stereocenters. The largest absolute Gasteiger partial charge is 0.300 e. The van der Waals surface area contributed by atoms with E-state index in [9.17, 15) is 4.79 Å². The first kappa shape index (κ1) is 8.72. The maximum atomic E-state index is 11.2. The van der Waals surface area contributed by atoms with Crippen molar-refractivity contribution in [3.8, 4) is 0 Å². The molecule has 0 N–H and O–H groups in total. The summed E-state index contributed by atoms with van der Waals surface area (Å²) in [4.78, 5) is 13.2. The van der Waals surface area contributed by atoms with E-state index in [4.69, 9.17) is 0 Å². The number of likely N-dealkylation sites (N-methyl/N-ethyl adjacent to an activating group) is 1. The van der Waals surface area contributed by atoms with Crippen LogP contribution >= 0.6 is 0 Å². The van der Waals surface area contributed by atoms with Gasteiger partial charge in [-0.3, -0.25) is 9.69 Å². The zero-order valence-corrected chi connectivity index (χ0v) is 7.63. The molecule has 0 aromatic carbocycles. The number of hydrogen-bond acceptors (Lipinski definition) is 2. The molecule has 0 radical (unpaired) electrons. The summed E-state index contributed by atoms with van der Waals surface area (Å²) < 4.78 is 0. The van der Waals surface area contributed by atoms with E-state index >= 15 is 0 Å². The molecule has 0 bridgehead atoms. The summed E-state index contributed by atoms with van der Waals surface area (Å²) in [6.07, 6.45) is 3.78. The van der Waals surface area contributed by atoms with Crippen molar-refractivity contribution >= 4 is 5.78 Å². The van der Waals surface area contributed by atoms with Crippen LogP contribution in [0.5, 0.6) is 0 Å². The highest BCUT2D eigenvalue weighted by Gasteiger charge is 2.31. The van der Waals surface area contributed by atoms with Crippen molar-refractivity contribution in [3.63, 3.8) is 0 Å². The molecule has 2 heteroatoms. The lowest BCUT2D eigenvalue weighted by molar-refractivity contribution is -0.124. The predicted molar refractivity (Wildman–Crippen MR) is 45.5 cm³/mol. The van der Waals surface area contributed by atoms with E-state index in [2.05, 4.69) is 0 Å². The molecule has 1 atom stereocenters. The molecule has 64 valence electrons. The standard InChI is InChI=1S/C9H17NO/c1-7(11)9(10(2)3)8-5-4-6-8/h8-9H,4-6H2,1-3H3. The van der Waals surface area contributed by atoms with E-state index in [1.54, 1.807) is 6.92 Å². The Bertz CT molecular complexity index is 150.